The van der Waals surface area contributed by atoms with Crippen molar-refractivity contribution in [1.29, 1.82) is 0 Å². The highest BCUT2D eigenvalue weighted by Crippen LogP contribution is 2.00. The smallest absolute Gasteiger partial charge is 0.0241 e. The summed E-state index contributed by atoms with van der Waals surface area (Å²) in [6.07, 6.45) is 6.09. The summed E-state index contributed by atoms with van der Waals surface area (Å²) in [6, 6.07) is 0. The van der Waals surface area contributed by atoms with E-state index in [0.717, 1.165) is 12.0 Å². The molecule has 0 aromatic heterocycles. The molecule has 0 spiro atoms. The summed E-state index contributed by atoms with van der Waals surface area (Å²) >= 11 is 0. The SMILES string of the molecule is C=C(N)/C=C\C(=C/N)CC.CC. The first-order valence-electron chi connectivity index (χ1n) is 4.24. The van der Waals surface area contributed by atoms with Crippen molar-refractivity contribution >= 4 is 0 Å². The predicted molar refractivity (Wildman–Crippen MR) is 56.4 cm³/mol. The van der Waals surface area contributed by atoms with Crippen LogP contribution in [0.5, 0.6) is 0 Å². The molecule has 0 saturated carbocycles. The van der Waals surface area contributed by atoms with Gasteiger partial charge in [0.05, 0.1) is 0 Å². The third-order valence-corrected chi connectivity index (χ3v) is 1.13. The zero-order valence-corrected chi connectivity index (χ0v) is 8.30. The molecule has 0 fully saturated rings. The maximum atomic E-state index is 5.30. The van der Waals surface area contributed by atoms with E-state index >= 15 is 0 Å². The van der Waals surface area contributed by atoms with Crippen molar-refractivity contribution in [1.82, 2.24) is 0 Å². The van der Waals surface area contributed by atoms with Gasteiger partial charge in [-0.05, 0) is 24.3 Å². The van der Waals surface area contributed by atoms with Crippen molar-refractivity contribution < 1.29 is 0 Å². The first-order chi connectivity index (χ1) is 5.70. The lowest BCUT2D eigenvalue weighted by atomic mass is 10.2. The molecule has 0 aromatic rings. The van der Waals surface area contributed by atoms with Gasteiger partial charge in [0.1, 0.15) is 0 Å². The molecule has 0 rings (SSSR count). The van der Waals surface area contributed by atoms with Gasteiger partial charge in [-0.3, -0.25) is 0 Å². The number of hydrogen-bond donors (Lipinski definition) is 2. The summed E-state index contributed by atoms with van der Waals surface area (Å²) in [4.78, 5) is 0. The van der Waals surface area contributed by atoms with Crippen LogP contribution in [0.25, 0.3) is 0 Å². The fourth-order valence-electron chi connectivity index (χ4n) is 0.505. The molecular formula is C10H20N2. The van der Waals surface area contributed by atoms with Crippen LogP contribution in [0.4, 0.5) is 0 Å². The zero-order valence-electron chi connectivity index (χ0n) is 8.30. The summed E-state index contributed by atoms with van der Waals surface area (Å²) in [5.74, 6) is 0. The molecule has 4 N–H and O–H groups in total. The summed E-state index contributed by atoms with van der Waals surface area (Å²) in [7, 11) is 0. The third kappa shape index (κ3) is 8.82. The van der Waals surface area contributed by atoms with Gasteiger partial charge < -0.3 is 11.5 Å². The van der Waals surface area contributed by atoms with E-state index < -0.39 is 0 Å². The molecule has 0 atom stereocenters. The summed E-state index contributed by atoms with van der Waals surface area (Å²) in [5.41, 5.74) is 12.2. The first kappa shape index (κ1) is 13.4. The Morgan fingerprint density at radius 3 is 2.08 bits per heavy atom. The minimum atomic E-state index is 0.549. The van der Waals surface area contributed by atoms with Crippen LogP contribution < -0.4 is 11.5 Å². The Kier molecular flexibility index (Phi) is 11.0. The van der Waals surface area contributed by atoms with E-state index in [1.165, 1.54) is 0 Å². The fourth-order valence-corrected chi connectivity index (χ4v) is 0.505. The number of allylic oxidation sites excluding steroid dienone is 3. The van der Waals surface area contributed by atoms with Gasteiger partial charge in [0.25, 0.3) is 0 Å². The van der Waals surface area contributed by atoms with Crippen LogP contribution >= 0.6 is 0 Å². The molecule has 0 bridgehead atoms. The fraction of sp³-hybridized carbons (Fsp3) is 0.400. The summed E-state index contributed by atoms with van der Waals surface area (Å²) < 4.78 is 0. The molecule has 2 nitrogen and oxygen atoms in total. The Labute approximate surface area is 75.6 Å². The molecule has 0 unspecified atom stereocenters. The molecule has 0 aliphatic carbocycles. The molecule has 0 radical (unpaired) electrons. The Hall–Kier alpha value is -1.18. The molecular weight excluding hydrogens is 148 g/mol. The van der Waals surface area contributed by atoms with Crippen LogP contribution in [0.3, 0.4) is 0 Å². The Balaban J connectivity index is 0. The highest BCUT2D eigenvalue weighted by atomic mass is 14.5. The number of nitrogens with two attached hydrogens (primary N) is 2. The molecule has 2 heteroatoms. The molecule has 0 saturated heterocycles. The molecule has 0 heterocycles. The van der Waals surface area contributed by atoms with Gasteiger partial charge in [0.2, 0.25) is 0 Å². The van der Waals surface area contributed by atoms with E-state index in [0.29, 0.717) is 5.70 Å². The number of rotatable bonds is 3. The normalized spacial score (nSPS) is 10.8. The van der Waals surface area contributed by atoms with Crippen molar-refractivity contribution in [2.24, 2.45) is 11.5 Å². The van der Waals surface area contributed by atoms with Gasteiger partial charge in [0.15, 0.2) is 0 Å². The summed E-state index contributed by atoms with van der Waals surface area (Å²) in [5, 5.41) is 0. The van der Waals surface area contributed by atoms with Crippen LogP contribution in [0, 0.1) is 0 Å². The standard InChI is InChI=1S/C8H14N2.C2H6/c1-3-8(6-9)5-4-7(2)10;1-2/h4-6H,2-3,9-10H2,1H3;1-2H3/b5-4-,8-6-;. The lowest BCUT2D eigenvalue weighted by Crippen LogP contribution is -1.90. The largest absolute Gasteiger partial charge is 0.404 e. The van der Waals surface area contributed by atoms with Gasteiger partial charge >= 0.3 is 0 Å². The van der Waals surface area contributed by atoms with Crippen LogP contribution in [0.1, 0.15) is 27.2 Å². The molecule has 0 amide bonds. The maximum Gasteiger partial charge on any atom is 0.0241 e. The second-order valence-electron chi connectivity index (χ2n) is 2.00. The first-order valence-corrected chi connectivity index (χ1v) is 4.24. The Morgan fingerprint density at radius 2 is 1.83 bits per heavy atom. The van der Waals surface area contributed by atoms with Crippen molar-refractivity contribution in [2.45, 2.75) is 27.2 Å². The average molecular weight is 168 g/mol. The molecule has 12 heavy (non-hydrogen) atoms. The maximum absolute atomic E-state index is 5.30. The van der Waals surface area contributed by atoms with Gasteiger partial charge in [0, 0.05) is 5.70 Å². The average Bonchev–Trinajstić information content (AvgIpc) is 2.09. The van der Waals surface area contributed by atoms with E-state index in [2.05, 4.69) is 6.58 Å². The van der Waals surface area contributed by atoms with Crippen LogP contribution in [0.2, 0.25) is 0 Å². The highest BCUT2D eigenvalue weighted by Gasteiger charge is 1.83. The monoisotopic (exact) mass is 168 g/mol. The second-order valence-corrected chi connectivity index (χ2v) is 2.00. The van der Waals surface area contributed by atoms with Crippen molar-refractivity contribution in [3.63, 3.8) is 0 Å². The Bertz CT molecular complexity index is 167. The van der Waals surface area contributed by atoms with E-state index in [9.17, 15) is 0 Å². The van der Waals surface area contributed by atoms with Gasteiger partial charge in [-0.25, -0.2) is 0 Å². The minimum absolute atomic E-state index is 0.549. The number of hydrogen-bond acceptors (Lipinski definition) is 2. The van der Waals surface area contributed by atoms with Gasteiger partial charge in [-0.2, -0.15) is 0 Å². The Morgan fingerprint density at radius 1 is 1.33 bits per heavy atom. The van der Waals surface area contributed by atoms with E-state index in [1.807, 2.05) is 26.8 Å². The third-order valence-electron chi connectivity index (χ3n) is 1.13. The van der Waals surface area contributed by atoms with Crippen molar-refractivity contribution in [3.8, 4) is 0 Å². The topological polar surface area (TPSA) is 52.0 Å². The van der Waals surface area contributed by atoms with Gasteiger partial charge in [-0.1, -0.05) is 33.4 Å². The molecule has 0 aliphatic heterocycles. The summed E-state index contributed by atoms with van der Waals surface area (Å²) in [6.45, 7) is 9.55. The minimum Gasteiger partial charge on any atom is -0.404 e. The molecule has 0 aromatic carbocycles. The lowest BCUT2D eigenvalue weighted by Gasteiger charge is -1.92. The van der Waals surface area contributed by atoms with Crippen molar-refractivity contribution in [3.05, 3.63) is 36.2 Å². The van der Waals surface area contributed by atoms with Crippen LogP contribution in [-0.4, -0.2) is 0 Å². The molecule has 70 valence electrons. The van der Waals surface area contributed by atoms with E-state index in [4.69, 9.17) is 11.5 Å². The van der Waals surface area contributed by atoms with Crippen LogP contribution in [0.15, 0.2) is 36.2 Å². The van der Waals surface area contributed by atoms with E-state index in [-0.39, 0.29) is 0 Å². The predicted octanol–water partition coefficient (Wildman–Crippen LogP) is 2.29. The quantitative estimate of drug-likeness (QED) is 0.635. The molecule has 0 aliphatic rings. The van der Waals surface area contributed by atoms with Crippen molar-refractivity contribution in [2.75, 3.05) is 0 Å². The van der Waals surface area contributed by atoms with Crippen LogP contribution in [-0.2, 0) is 0 Å². The van der Waals surface area contributed by atoms with E-state index in [1.54, 1.807) is 12.3 Å². The highest BCUT2D eigenvalue weighted by molar-refractivity contribution is 5.23. The lowest BCUT2D eigenvalue weighted by molar-refractivity contribution is 1.13. The second kappa shape index (κ2) is 9.82. The van der Waals surface area contributed by atoms with Gasteiger partial charge in [-0.15, -0.1) is 0 Å². The zero-order chi connectivity index (χ0) is 9.98.